The Kier molecular flexibility index (Phi) is 5.57. The van der Waals surface area contributed by atoms with Gasteiger partial charge in [0.25, 0.3) is 0 Å². The van der Waals surface area contributed by atoms with Crippen molar-refractivity contribution in [3.63, 3.8) is 0 Å². The van der Waals surface area contributed by atoms with Gasteiger partial charge in [-0.25, -0.2) is 0 Å². The van der Waals surface area contributed by atoms with Gasteiger partial charge >= 0.3 is 0 Å². The van der Waals surface area contributed by atoms with E-state index >= 15 is 0 Å². The molecule has 2 rings (SSSR count). The minimum absolute atomic E-state index is 0.0612. The van der Waals surface area contributed by atoms with E-state index in [1.807, 2.05) is 0 Å². The second kappa shape index (κ2) is 7.43. The second-order valence-corrected chi connectivity index (χ2v) is 5.33. The Morgan fingerprint density at radius 2 is 0.913 bits per heavy atom. The van der Waals surface area contributed by atoms with Gasteiger partial charge in [0.05, 0.1) is 26.4 Å². The highest BCUT2D eigenvalue weighted by Crippen LogP contribution is 2.30. The number of hydrogen-bond acceptors (Lipinski definition) is 6. The number of aliphatic hydroxyl groups is 4. The van der Waals surface area contributed by atoms with E-state index in [9.17, 15) is 30.6 Å². The lowest BCUT2D eigenvalue weighted by molar-refractivity contribution is 0.263. The fraction of sp³-hybridized carbons (Fsp3) is 0.294. The van der Waals surface area contributed by atoms with Crippen LogP contribution in [0.1, 0.15) is 33.4 Å². The van der Waals surface area contributed by atoms with Crippen molar-refractivity contribution < 1.29 is 30.6 Å². The SMILES string of the molecule is OCc1cc(CO)c(O)c(Cc2cc(CO)c(O)c(CO)c2)c1. The van der Waals surface area contributed by atoms with Crippen LogP contribution in [0.25, 0.3) is 0 Å². The zero-order chi connectivity index (χ0) is 17.0. The van der Waals surface area contributed by atoms with Crippen LogP contribution in [-0.4, -0.2) is 30.6 Å². The van der Waals surface area contributed by atoms with E-state index in [-0.39, 0.29) is 55.5 Å². The molecule has 23 heavy (non-hydrogen) atoms. The van der Waals surface area contributed by atoms with Crippen LogP contribution in [0.5, 0.6) is 11.5 Å². The first-order chi connectivity index (χ1) is 11.0. The Morgan fingerprint density at radius 3 is 1.35 bits per heavy atom. The van der Waals surface area contributed by atoms with Crippen LogP contribution in [0, 0.1) is 0 Å². The highest BCUT2D eigenvalue weighted by atomic mass is 16.3. The molecule has 0 aliphatic heterocycles. The second-order valence-electron chi connectivity index (χ2n) is 5.33. The van der Waals surface area contributed by atoms with Gasteiger partial charge in [0.15, 0.2) is 0 Å². The summed E-state index contributed by atoms with van der Waals surface area (Å²) in [4.78, 5) is 0. The molecule has 0 aromatic heterocycles. The van der Waals surface area contributed by atoms with Crippen molar-refractivity contribution in [2.24, 2.45) is 0 Å². The Labute approximate surface area is 133 Å². The summed E-state index contributed by atoms with van der Waals surface area (Å²) in [5.41, 5.74) is 2.61. The first-order valence-electron chi connectivity index (χ1n) is 7.14. The van der Waals surface area contributed by atoms with Crippen molar-refractivity contribution in [3.8, 4) is 11.5 Å². The molecule has 124 valence electrons. The van der Waals surface area contributed by atoms with E-state index in [4.69, 9.17) is 0 Å². The number of phenols is 2. The fourth-order valence-electron chi connectivity index (χ4n) is 2.57. The van der Waals surface area contributed by atoms with Gasteiger partial charge in [-0.15, -0.1) is 0 Å². The number of rotatable bonds is 6. The Bertz CT molecular complexity index is 671. The zero-order valence-electron chi connectivity index (χ0n) is 12.5. The molecule has 0 spiro atoms. The molecule has 2 aromatic rings. The van der Waals surface area contributed by atoms with Crippen molar-refractivity contribution in [1.82, 2.24) is 0 Å². The van der Waals surface area contributed by atoms with E-state index in [2.05, 4.69) is 0 Å². The number of aromatic hydroxyl groups is 2. The minimum atomic E-state index is -0.378. The monoisotopic (exact) mass is 320 g/mol. The molecule has 0 fully saturated rings. The van der Waals surface area contributed by atoms with Gasteiger partial charge in [-0.05, 0) is 41.0 Å². The van der Waals surface area contributed by atoms with Crippen molar-refractivity contribution in [1.29, 1.82) is 0 Å². The molecule has 0 aliphatic carbocycles. The van der Waals surface area contributed by atoms with Crippen LogP contribution in [0.2, 0.25) is 0 Å². The number of benzene rings is 2. The molecule has 0 saturated carbocycles. The topological polar surface area (TPSA) is 121 Å². The summed E-state index contributed by atoms with van der Waals surface area (Å²) in [6, 6.07) is 6.31. The highest BCUT2D eigenvalue weighted by molar-refractivity contribution is 5.48. The predicted octanol–water partition coefficient (Wildman–Crippen LogP) is 0.658. The van der Waals surface area contributed by atoms with Gasteiger partial charge in [0.2, 0.25) is 0 Å². The molecule has 0 radical (unpaired) electrons. The molecule has 0 amide bonds. The maximum Gasteiger partial charge on any atom is 0.126 e. The standard InChI is InChI=1S/C17H20O6/c18-6-11-4-12(16(22)15(5-11)9-21)1-10-2-13(7-19)17(23)14(3-10)8-20/h2-5,18-23H,1,6-9H2. The molecular weight excluding hydrogens is 300 g/mol. The molecule has 6 nitrogen and oxygen atoms in total. The molecule has 6 heteroatoms. The summed E-state index contributed by atoms with van der Waals surface area (Å²) in [5.74, 6) is -0.211. The van der Waals surface area contributed by atoms with Crippen LogP contribution < -0.4 is 0 Å². The van der Waals surface area contributed by atoms with E-state index in [0.717, 1.165) is 0 Å². The molecule has 0 bridgehead atoms. The first kappa shape index (κ1) is 17.2. The normalized spacial score (nSPS) is 11.0. The van der Waals surface area contributed by atoms with Crippen molar-refractivity contribution >= 4 is 0 Å². The quantitative estimate of drug-likeness (QED) is 0.465. The molecule has 6 N–H and O–H groups in total. The van der Waals surface area contributed by atoms with Crippen LogP contribution in [0.15, 0.2) is 24.3 Å². The lowest BCUT2D eigenvalue weighted by atomic mass is 9.96. The largest absolute Gasteiger partial charge is 0.507 e. The average Bonchev–Trinajstić information content (AvgIpc) is 2.57. The minimum Gasteiger partial charge on any atom is -0.507 e. The lowest BCUT2D eigenvalue weighted by Crippen LogP contribution is -2.00. The van der Waals surface area contributed by atoms with Gasteiger partial charge in [0.1, 0.15) is 11.5 Å². The van der Waals surface area contributed by atoms with E-state index < -0.39 is 0 Å². The van der Waals surface area contributed by atoms with Crippen molar-refractivity contribution in [2.75, 3.05) is 0 Å². The predicted molar refractivity (Wildman–Crippen MR) is 82.7 cm³/mol. The number of hydrogen-bond donors (Lipinski definition) is 6. The molecular formula is C17H20O6. The third kappa shape index (κ3) is 3.62. The van der Waals surface area contributed by atoms with E-state index in [1.165, 1.54) is 6.07 Å². The lowest BCUT2D eigenvalue weighted by Gasteiger charge is -2.14. The smallest absolute Gasteiger partial charge is 0.126 e. The fourth-order valence-corrected chi connectivity index (χ4v) is 2.57. The highest BCUT2D eigenvalue weighted by Gasteiger charge is 2.13. The summed E-state index contributed by atoms with van der Waals surface area (Å²) in [5, 5.41) is 57.2. The van der Waals surface area contributed by atoms with Gasteiger partial charge in [-0.3, -0.25) is 0 Å². The molecule has 0 unspecified atom stereocenters. The van der Waals surface area contributed by atoms with Crippen molar-refractivity contribution in [2.45, 2.75) is 32.8 Å². The molecule has 0 atom stereocenters. The zero-order valence-corrected chi connectivity index (χ0v) is 12.5. The Hall–Kier alpha value is -2.12. The molecule has 0 aliphatic rings. The van der Waals surface area contributed by atoms with E-state index in [1.54, 1.807) is 18.2 Å². The van der Waals surface area contributed by atoms with Gasteiger partial charge < -0.3 is 30.6 Å². The van der Waals surface area contributed by atoms with Crippen LogP contribution in [0.3, 0.4) is 0 Å². The summed E-state index contributed by atoms with van der Waals surface area (Å²) in [6.45, 7) is -1.33. The van der Waals surface area contributed by atoms with E-state index in [0.29, 0.717) is 22.3 Å². The average molecular weight is 320 g/mol. The summed E-state index contributed by atoms with van der Waals surface area (Å²) >= 11 is 0. The van der Waals surface area contributed by atoms with Crippen LogP contribution in [0.4, 0.5) is 0 Å². The van der Waals surface area contributed by atoms with Gasteiger partial charge in [0, 0.05) is 23.1 Å². The molecule has 0 saturated heterocycles. The maximum absolute atomic E-state index is 10.2. The molecule has 2 aromatic carbocycles. The van der Waals surface area contributed by atoms with Gasteiger partial charge in [-0.1, -0.05) is 0 Å². The Morgan fingerprint density at radius 1 is 0.522 bits per heavy atom. The summed E-state index contributed by atoms with van der Waals surface area (Å²) in [7, 11) is 0. The Balaban J connectivity index is 2.46. The third-order valence-electron chi connectivity index (χ3n) is 3.74. The maximum atomic E-state index is 10.2. The summed E-state index contributed by atoms with van der Waals surface area (Å²) < 4.78 is 0. The third-order valence-corrected chi connectivity index (χ3v) is 3.74. The first-order valence-corrected chi connectivity index (χ1v) is 7.14. The van der Waals surface area contributed by atoms with Crippen LogP contribution in [-0.2, 0) is 32.8 Å². The number of aliphatic hydroxyl groups excluding tert-OH is 4. The molecule has 0 heterocycles. The summed E-state index contributed by atoms with van der Waals surface area (Å²) in [6.07, 6.45) is 0.257. The van der Waals surface area contributed by atoms with Crippen LogP contribution >= 0.6 is 0 Å². The van der Waals surface area contributed by atoms with Gasteiger partial charge in [-0.2, -0.15) is 0 Å². The van der Waals surface area contributed by atoms with Crippen molar-refractivity contribution in [3.05, 3.63) is 57.6 Å².